The summed E-state index contributed by atoms with van der Waals surface area (Å²) in [5, 5.41) is 3.68. The highest BCUT2D eigenvalue weighted by molar-refractivity contribution is 6.04. The number of alkyl halides is 3. The minimum Gasteiger partial charge on any atom is -0.383 e. The number of benzene rings is 2. The van der Waals surface area contributed by atoms with Crippen molar-refractivity contribution in [3.8, 4) is 11.8 Å². The molecule has 1 aliphatic rings. The molecular weight excluding hydrogens is 536 g/mol. The number of halogens is 4. The summed E-state index contributed by atoms with van der Waals surface area (Å²) in [5.74, 6) is 4.90. The number of rotatable bonds is 4. The topological polar surface area (TPSA) is 87.4 Å². The van der Waals surface area contributed by atoms with Crippen molar-refractivity contribution in [3.63, 3.8) is 0 Å². The summed E-state index contributed by atoms with van der Waals surface area (Å²) in [6, 6.07) is 9.47. The maximum atomic E-state index is 13.9. The standard InChI is InChI=1S/C30H26F4N6O/c1-39-8-10-40(11-9-39)18-20-3-5-24(14-27(20)30(32,33)34)38-29(41)22-12-19(15-36-16-22)2-6-26-25-7-4-23(31)13-21(25)17-37-28(26)35/h3-5,7,12-17H,8-11,18H2,1H3,(H2,35,37)(H,38,41). The highest BCUT2D eigenvalue weighted by atomic mass is 19.4. The van der Waals surface area contributed by atoms with Crippen LogP contribution >= 0.6 is 0 Å². The van der Waals surface area contributed by atoms with Crippen LogP contribution in [0.1, 0.15) is 32.6 Å². The fourth-order valence-corrected chi connectivity index (χ4v) is 4.61. The highest BCUT2D eigenvalue weighted by Crippen LogP contribution is 2.34. The lowest BCUT2D eigenvalue weighted by molar-refractivity contribution is -0.138. The average Bonchev–Trinajstić information content (AvgIpc) is 2.94. The first-order valence-corrected chi connectivity index (χ1v) is 12.8. The Kier molecular flexibility index (Phi) is 7.88. The van der Waals surface area contributed by atoms with E-state index in [4.69, 9.17) is 5.73 Å². The molecule has 0 unspecified atom stereocenters. The molecule has 0 atom stereocenters. The molecule has 4 aromatic rings. The van der Waals surface area contributed by atoms with Crippen molar-refractivity contribution in [2.75, 3.05) is 44.3 Å². The Labute approximate surface area is 234 Å². The van der Waals surface area contributed by atoms with Crippen molar-refractivity contribution in [3.05, 3.63) is 94.7 Å². The molecule has 5 rings (SSSR count). The van der Waals surface area contributed by atoms with E-state index in [1.165, 1.54) is 48.9 Å². The van der Waals surface area contributed by atoms with Crippen LogP contribution in [0.5, 0.6) is 0 Å². The third kappa shape index (κ3) is 6.62. The molecule has 2 aromatic heterocycles. The van der Waals surface area contributed by atoms with Crippen molar-refractivity contribution in [2.24, 2.45) is 0 Å². The van der Waals surface area contributed by atoms with E-state index in [9.17, 15) is 22.4 Å². The number of anilines is 2. The number of nitrogens with two attached hydrogens (primary N) is 1. The summed E-state index contributed by atoms with van der Waals surface area (Å²) in [7, 11) is 1.98. The number of nitrogens with zero attached hydrogens (tertiary/aromatic N) is 4. The fourth-order valence-electron chi connectivity index (χ4n) is 4.61. The number of amides is 1. The Morgan fingerprint density at radius 1 is 1.02 bits per heavy atom. The summed E-state index contributed by atoms with van der Waals surface area (Å²) >= 11 is 0. The van der Waals surface area contributed by atoms with Crippen molar-refractivity contribution in [2.45, 2.75) is 12.7 Å². The van der Waals surface area contributed by atoms with Crippen LogP contribution in [0.15, 0.2) is 61.1 Å². The van der Waals surface area contributed by atoms with Crippen LogP contribution in [0.3, 0.4) is 0 Å². The van der Waals surface area contributed by atoms with Crippen molar-refractivity contribution < 1.29 is 22.4 Å². The number of carbonyl (C=O) groups excluding carboxylic acids is 1. The molecule has 0 bridgehead atoms. The number of aromatic nitrogens is 2. The van der Waals surface area contributed by atoms with E-state index in [-0.39, 0.29) is 29.2 Å². The number of fused-ring (bicyclic) bond motifs is 1. The lowest BCUT2D eigenvalue weighted by Gasteiger charge is -2.33. The van der Waals surface area contributed by atoms with Crippen molar-refractivity contribution in [1.29, 1.82) is 0 Å². The molecular formula is C30H26F4N6O. The number of carbonyl (C=O) groups is 1. The first-order chi connectivity index (χ1) is 19.6. The van der Waals surface area contributed by atoms with Crippen LogP contribution in [-0.2, 0) is 12.7 Å². The summed E-state index contributed by atoms with van der Waals surface area (Å²) in [4.78, 5) is 25.2. The largest absolute Gasteiger partial charge is 0.416 e. The molecule has 0 spiro atoms. The van der Waals surface area contributed by atoms with Gasteiger partial charge in [0.05, 0.1) is 16.7 Å². The van der Waals surface area contributed by atoms with Crippen LogP contribution < -0.4 is 11.1 Å². The van der Waals surface area contributed by atoms with Crippen LogP contribution in [0.25, 0.3) is 10.8 Å². The van der Waals surface area contributed by atoms with Gasteiger partial charge >= 0.3 is 6.18 Å². The predicted molar refractivity (Wildman–Crippen MR) is 149 cm³/mol. The number of piperazine rings is 1. The number of pyridine rings is 2. The third-order valence-electron chi connectivity index (χ3n) is 6.88. The molecule has 1 aliphatic heterocycles. The van der Waals surface area contributed by atoms with Gasteiger partial charge in [-0.3, -0.25) is 14.7 Å². The first kappa shape index (κ1) is 28.0. The highest BCUT2D eigenvalue weighted by Gasteiger charge is 2.34. The minimum absolute atomic E-state index is 0.0165. The molecule has 0 saturated carbocycles. The Balaban J connectivity index is 1.35. The van der Waals surface area contributed by atoms with Crippen LogP contribution in [-0.4, -0.2) is 58.9 Å². The SMILES string of the molecule is CN1CCN(Cc2ccc(NC(=O)c3cncc(C#Cc4c(N)ncc5cc(F)ccc45)c3)cc2C(F)(F)F)CC1. The molecule has 3 heterocycles. The van der Waals surface area contributed by atoms with Gasteiger partial charge in [-0.2, -0.15) is 13.2 Å². The van der Waals surface area contributed by atoms with Crippen LogP contribution in [0, 0.1) is 17.7 Å². The summed E-state index contributed by atoms with van der Waals surface area (Å²) in [6.07, 6.45) is -0.394. The Bertz CT molecular complexity index is 1670. The van der Waals surface area contributed by atoms with Gasteiger partial charge in [0, 0.05) is 73.3 Å². The Hall–Kier alpha value is -4.53. The van der Waals surface area contributed by atoms with E-state index in [0.29, 0.717) is 35.0 Å². The van der Waals surface area contributed by atoms with E-state index in [1.54, 1.807) is 6.07 Å². The third-order valence-corrected chi connectivity index (χ3v) is 6.88. The van der Waals surface area contributed by atoms with E-state index >= 15 is 0 Å². The van der Waals surface area contributed by atoms with Gasteiger partial charge in [-0.15, -0.1) is 0 Å². The molecule has 1 fully saturated rings. The molecule has 1 saturated heterocycles. The first-order valence-electron chi connectivity index (χ1n) is 12.8. The van der Waals surface area contributed by atoms with E-state index < -0.39 is 23.5 Å². The van der Waals surface area contributed by atoms with Gasteiger partial charge in [-0.1, -0.05) is 24.0 Å². The van der Waals surface area contributed by atoms with Gasteiger partial charge < -0.3 is 16.0 Å². The molecule has 210 valence electrons. The van der Waals surface area contributed by atoms with Gasteiger partial charge in [-0.25, -0.2) is 9.37 Å². The molecule has 11 heteroatoms. The van der Waals surface area contributed by atoms with E-state index in [0.717, 1.165) is 19.2 Å². The van der Waals surface area contributed by atoms with E-state index in [2.05, 4.69) is 32.0 Å². The number of likely N-dealkylation sites (N-methyl/N-ethyl adjacent to an activating group) is 1. The molecule has 41 heavy (non-hydrogen) atoms. The zero-order valence-electron chi connectivity index (χ0n) is 22.1. The maximum Gasteiger partial charge on any atom is 0.416 e. The average molecular weight is 563 g/mol. The zero-order chi connectivity index (χ0) is 29.1. The molecule has 0 aliphatic carbocycles. The zero-order valence-corrected chi connectivity index (χ0v) is 22.1. The minimum atomic E-state index is -4.58. The molecule has 2 aromatic carbocycles. The second-order valence-electron chi connectivity index (χ2n) is 9.87. The molecule has 3 N–H and O–H groups in total. The van der Waals surface area contributed by atoms with Gasteiger partial charge in [0.1, 0.15) is 11.6 Å². The van der Waals surface area contributed by atoms with Crippen molar-refractivity contribution >= 4 is 28.2 Å². The fraction of sp³-hybridized carbons (Fsp3) is 0.233. The van der Waals surface area contributed by atoms with Gasteiger partial charge in [-0.05, 0) is 42.9 Å². The number of hydrogen-bond acceptors (Lipinski definition) is 6. The summed E-state index contributed by atoms with van der Waals surface area (Å²) in [6.45, 7) is 3.12. The quantitative estimate of drug-likeness (QED) is 0.275. The van der Waals surface area contributed by atoms with Crippen LogP contribution in [0.2, 0.25) is 0 Å². The van der Waals surface area contributed by atoms with Crippen molar-refractivity contribution in [1.82, 2.24) is 19.8 Å². The predicted octanol–water partition coefficient (Wildman–Crippen LogP) is 4.77. The molecule has 1 amide bonds. The number of nitrogens with one attached hydrogen (secondary N) is 1. The van der Waals surface area contributed by atoms with Gasteiger partial charge in [0.25, 0.3) is 5.91 Å². The second-order valence-corrected chi connectivity index (χ2v) is 9.87. The smallest absolute Gasteiger partial charge is 0.383 e. The molecule has 0 radical (unpaired) electrons. The normalized spacial score (nSPS) is 14.5. The monoisotopic (exact) mass is 562 g/mol. The molecule has 7 nitrogen and oxygen atoms in total. The van der Waals surface area contributed by atoms with Crippen LogP contribution in [0.4, 0.5) is 29.1 Å². The second kappa shape index (κ2) is 11.5. The maximum absolute atomic E-state index is 13.9. The summed E-state index contributed by atoms with van der Waals surface area (Å²) < 4.78 is 55.4. The van der Waals surface area contributed by atoms with Gasteiger partial charge in [0.2, 0.25) is 0 Å². The summed E-state index contributed by atoms with van der Waals surface area (Å²) in [5.41, 5.74) is 6.26. The Morgan fingerprint density at radius 2 is 1.80 bits per heavy atom. The number of nitrogen functional groups attached to an aromatic ring is 1. The number of hydrogen-bond donors (Lipinski definition) is 2. The Morgan fingerprint density at radius 3 is 2.56 bits per heavy atom. The lowest BCUT2D eigenvalue weighted by Crippen LogP contribution is -2.44. The van der Waals surface area contributed by atoms with Gasteiger partial charge in [0.15, 0.2) is 0 Å². The lowest BCUT2D eigenvalue weighted by atomic mass is 10.0. The van der Waals surface area contributed by atoms with E-state index in [1.807, 2.05) is 11.9 Å².